The molecule has 0 radical (unpaired) electrons. The van der Waals surface area contributed by atoms with Crippen LogP contribution in [0.25, 0.3) is 0 Å². The fourth-order valence-electron chi connectivity index (χ4n) is 2.31. The molecule has 1 atom stereocenters. The molecule has 0 spiro atoms. The highest BCUT2D eigenvalue weighted by Crippen LogP contribution is 2.10. The zero-order chi connectivity index (χ0) is 12.5. The Hall–Kier alpha value is -0.610. The van der Waals surface area contributed by atoms with Crippen molar-refractivity contribution in [1.82, 2.24) is 15.5 Å². The molecule has 1 aliphatic rings. The fraction of sp³-hybridized carbons (Fsp3) is 0.923. The number of likely N-dealkylation sites (N-methyl/N-ethyl adjacent to an activating group) is 2. The van der Waals surface area contributed by atoms with Crippen LogP contribution in [0, 0.1) is 0 Å². The molecule has 1 saturated heterocycles. The number of carbonyl (C=O) groups is 1. The molecule has 0 bridgehead atoms. The van der Waals surface area contributed by atoms with E-state index in [0.717, 1.165) is 32.6 Å². The first-order chi connectivity index (χ1) is 8.26. The molecule has 1 unspecified atom stereocenters. The first-order valence-electron chi connectivity index (χ1n) is 6.98. The van der Waals surface area contributed by atoms with E-state index in [0.29, 0.717) is 12.6 Å². The van der Waals surface area contributed by atoms with Crippen molar-refractivity contribution in [3.63, 3.8) is 0 Å². The minimum absolute atomic E-state index is 0.144. The molecule has 4 nitrogen and oxygen atoms in total. The second kappa shape index (κ2) is 8.48. The summed E-state index contributed by atoms with van der Waals surface area (Å²) in [5.74, 6) is 0.144. The summed E-state index contributed by atoms with van der Waals surface area (Å²) in [6.45, 7) is 8.47. The molecule has 0 saturated carbocycles. The molecule has 1 rings (SSSR count). The molecule has 0 aromatic heterocycles. The first kappa shape index (κ1) is 14.5. The zero-order valence-corrected chi connectivity index (χ0v) is 11.3. The van der Waals surface area contributed by atoms with Gasteiger partial charge in [0.2, 0.25) is 5.91 Å². The van der Waals surface area contributed by atoms with Crippen molar-refractivity contribution in [2.75, 3.05) is 32.7 Å². The van der Waals surface area contributed by atoms with Crippen LogP contribution in [0.2, 0.25) is 0 Å². The normalized spacial score (nSPS) is 20.5. The molecular formula is C13H27N3O. The highest BCUT2D eigenvalue weighted by molar-refractivity contribution is 5.77. The summed E-state index contributed by atoms with van der Waals surface area (Å²) in [6.07, 6.45) is 5.11. The van der Waals surface area contributed by atoms with Crippen molar-refractivity contribution in [1.29, 1.82) is 0 Å². The lowest BCUT2D eigenvalue weighted by molar-refractivity contribution is -0.122. The molecule has 2 N–H and O–H groups in total. The van der Waals surface area contributed by atoms with Gasteiger partial charge in [0.05, 0.1) is 6.54 Å². The Kier molecular flexibility index (Phi) is 7.21. The van der Waals surface area contributed by atoms with Crippen molar-refractivity contribution >= 4 is 5.91 Å². The Labute approximate surface area is 105 Å². The topological polar surface area (TPSA) is 44.4 Å². The molecule has 1 fully saturated rings. The van der Waals surface area contributed by atoms with Gasteiger partial charge in [0.1, 0.15) is 0 Å². The van der Waals surface area contributed by atoms with E-state index >= 15 is 0 Å². The van der Waals surface area contributed by atoms with Crippen molar-refractivity contribution in [2.24, 2.45) is 0 Å². The average Bonchev–Trinajstić information content (AvgIpc) is 2.36. The minimum Gasteiger partial charge on any atom is -0.355 e. The maximum Gasteiger partial charge on any atom is 0.234 e. The van der Waals surface area contributed by atoms with Gasteiger partial charge in [-0.1, -0.05) is 13.3 Å². The van der Waals surface area contributed by atoms with E-state index in [-0.39, 0.29) is 5.91 Å². The summed E-state index contributed by atoms with van der Waals surface area (Å²) in [7, 11) is 0. The third-order valence-corrected chi connectivity index (χ3v) is 3.39. The van der Waals surface area contributed by atoms with E-state index in [1.165, 1.54) is 19.3 Å². The largest absolute Gasteiger partial charge is 0.355 e. The number of nitrogens with one attached hydrogen (secondary N) is 2. The van der Waals surface area contributed by atoms with Crippen LogP contribution in [0.1, 0.15) is 39.5 Å². The number of nitrogens with zero attached hydrogens (tertiary/aromatic N) is 1. The lowest BCUT2D eigenvalue weighted by Crippen LogP contribution is -2.41. The van der Waals surface area contributed by atoms with Gasteiger partial charge in [-0.2, -0.15) is 0 Å². The Morgan fingerprint density at radius 1 is 1.41 bits per heavy atom. The minimum atomic E-state index is 0.144. The maximum atomic E-state index is 11.5. The highest BCUT2D eigenvalue weighted by atomic mass is 16.2. The van der Waals surface area contributed by atoms with E-state index < -0.39 is 0 Å². The third-order valence-electron chi connectivity index (χ3n) is 3.39. The fourth-order valence-corrected chi connectivity index (χ4v) is 2.31. The molecular weight excluding hydrogens is 214 g/mol. The predicted molar refractivity (Wildman–Crippen MR) is 71.1 cm³/mol. The van der Waals surface area contributed by atoms with E-state index in [2.05, 4.69) is 22.5 Å². The van der Waals surface area contributed by atoms with E-state index in [1.807, 2.05) is 6.92 Å². The summed E-state index contributed by atoms with van der Waals surface area (Å²) in [5.41, 5.74) is 0. The van der Waals surface area contributed by atoms with Gasteiger partial charge in [-0.15, -0.1) is 0 Å². The Morgan fingerprint density at radius 3 is 2.82 bits per heavy atom. The lowest BCUT2D eigenvalue weighted by atomic mass is 10.0. The molecule has 1 aliphatic heterocycles. The Morgan fingerprint density at radius 2 is 2.24 bits per heavy atom. The zero-order valence-electron chi connectivity index (χ0n) is 11.3. The quantitative estimate of drug-likeness (QED) is 0.698. The Bertz CT molecular complexity index is 215. The van der Waals surface area contributed by atoms with E-state index in [1.54, 1.807) is 0 Å². The predicted octanol–water partition coefficient (Wildman–Crippen LogP) is 0.977. The highest BCUT2D eigenvalue weighted by Gasteiger charge is 2.14. The standard InChI is InChI=1S/C13H27N3O/c1-3-14-13(17)11-16(4-2)10-8-12-7-5-6-9-15-12/h12,15H,3-11H2,1-2H3,(H,14,17). The number of amides is 1. The second-order valence-corrected chi connectivity index (χ2v) is 4.76. The molecule has 4 heteroatoms. The first-order valence-corrected chi connectivity index (χ1v) is 6.98. The van der Waals surface area contributed by atoms with Gasteiger partial charge >= 0.3 is 0 Å². The van der Waals surface area contributed by atoms with E-state index in [4.69, 9.17) is 0 Å². The summed E-state index contributed by atoms with van der Waals surface area (Å²) >= 11 is 0. The number of hydrogen-bond donors (Lipinski definition) is 2. The SMILES string of the molecule is CCNC(=O)CN(CC)CCC1CCCCN1. The molecule has 0 aromatic rings. The summed E-state index contributed by atoms with van der Waals surface area (Å²) in [4.78, 5) is 13.7. The molecule has 17 heavy (non-hydrogen) atoms. The summed E-state index contributed by atoms with van der Waals surface area (Å²) in [5, 5.41) is 6.40. The lowest BCUT2D eigenvalue weighted by Gasteiger charge is -2.26. The van der Waals surface area contributed by atoms with Crippen LogP contribution >= 0.6 is 0 Å². The summed E-state index contributed by atoms with van der Waals surface area (Å²) < 4.78 is 0. The number of rotatable bonds is 7. The van der Waals surface area contributed by atoms with Gasteiger partial charge in [0, 0.05) is 19.1 Å². The van der Waals surface area contributed by atoms with Crippen molar-refractivity contribution < 1.29 is 4.79 Å². The van der Waals surface area contributed by atoms with Crippen molar-refractivity contribution in [3.05, 3.63) is 0 Å². The van der Waals surface area contributed by atoms with Gasteiger partial charge < -0.3 is 10.6 Å². The molecule has 0 aromatic carbocycles. The van der Waals surface area contributed by atoms with Crippen LogP contribution in [-0.2, 0) is 4.79 Å². The number of piperidine rings is 1. The van der Waals surface area contributed by atoms with Gasteiger partial charge in [0.25, 0.3) is 0 Å². The monoisotopic (exact) mass is 241 g/mol. The third kappa shape index (κ3) is 6.03. The number of carbonyl (C=O) groups excluding carboxylic acids is 1. The molecule has 100 valence electrons. The van der Waals surface area contributed by atoms with Gasteiger partial charge in [0.15, 0.2) is 0 Å². The molecule has 0 aliphatic carbocycles. The average molecular weight is 241 g/mol. The van der Waals surface area contributed by atoms with Crippen LogP contribution in [0.4, 0.5) is 0 Å². The van der Waals surface area contributed by atoms with Crippen molar-refractivity contribution in [3.8, 4) is 0 Å². The smallest absolute Gasteiger partial charge is 0.234 e. The van der Waals surface area contributed by atoms with Crippen LogP contribution in [0.15, 0.2) is 0 Å². The van der Waals surface area contributed by atoms with Gasteiger partial charge in [-0.25, -0.2) is 0 Å². The Balaban J connectivity index is 2.19. The number of hydrogen-bond acceptors (Lipinski definition) is 3. The van der Waals surface area contributed by atoms with Crippen LogP contribution < -0.4 is 10.6 Å². The molecule has 1 amide bonds. The second-order valence-electron chi connectivity index (χ2n) is 4.76. The van der Waals surface area contributed by atoms with Gasteiger partial charge in [-0.3, -0.25) is 9.69 Å². The van der Waals surface area contributed by atoms with Crippen LogP contribution in [0.3, 0.4) is 0 Å². The van der Waals surface area contributed by atoms with Crippen LogP contribution in [0.5, 0.6) is 0 Å². The van der Waals surface area contributed by atoms with Gasteiger partial charge in [-0.05, 0) is 39.3 Å². The van der Waals surface area contributed by atoms with Crippen molar-refractivity contribution in [2.45, 2.75) is 45.6 Å². The summed E-state index contributed by atoms with van der Waals surface area (Å²) in [6, 6.07) is 0.659. The maximum absolute atomic E-state index is 11.5. The van der Waals surface area contributed by atoms with E-state index in [9.17, 15) is 4.79 Å². The van der Waals surface area contributed by atoms with Crippen LogP contribution in [-0.4, -0.2) is 49.6 Å². The molecule has 1 heterocycles.